The van der Waals surface area contributed by atoms with Crippen LogP contribution in [0.25, 0.3) is 0 Å². The van der Waals surface area contributed by atoms with Crippen molar-refractivity contribution in [1.82, 2.24) is 4.98 Å². The lowest BCUT2D eigenvalue weighted by atomic mass is 10.2. The van der Waals surface area contributed by atoms with Crippen LogP contribution in [0.3, 0.4) is 0 Å². The monoisotopic (exact) mass is 293 g/mol. The first-order valence-electron chi connectivity index (χ1n) is 6.33. The Balaban J connectivity index is 1.75. The number of rotatable bonds is 4. The number of benzene rings is 1. The van der Waals surface area contributed by atoms with Gasteiger partial charge in [-0.15, -0.1) is 0 Å². The van der Waals surface area contributed by atoms with Crippen LogP contribution in [0.2, 0.25) is 0 Å². The normalized spacial score (nSPS) is 12.3. The number of halogens is 2. The van der Waals surface area contributed by atoms with Crippen LogP contribution in [0.4, 0.5) is 20.4 Å². The highest BCUT2D eigenvalue weighted by Gasteiger charge is 2.14. The Labute approximate surface area is 119 Å². The third kappa shape index (κ3) is 2.67. The number of nitrogens with zero attached hydrogens (tertiary/aromatic N) is 1. The summed E-state index contributed by atoms with van der Waals surface area (Å²) in [5.74, 6) is -0.168. The minimum atomic E-state index is -0.743. The van der Waals surface area contributed by atoms with Gasteiger partial charge in [0.05, 0.1) is 0 Å². The molecule has 0 amide bonds. The van der Waals surface area contributed by atoms with Gasteiger partial charge in [0.15, 0.2) is 34.8 Å². The molecule has 0 saturated carbocycles. The Morgan fingerprint density at radius 2 is 1.86 bits per heavy atom. The standard InChI is InChI=1S/C14H13F2N3O2/c1-17-13-9(15)5-10(16)14(19-13)18-6-8-2-3-11-12(4-8)21-7-20-11/h2-5H,6-7H2,1H3,(H2,17,18,19). The molecule has 1 aliphatic rings. The molecule has 1 aromatic carbocycles. The summed E-state index contributed by atoms with van der Waals surface area (Å²) in [6.45, 7) is 0.529. The Kier molecular flexibility index (Phi) is 3.47. The lowest BCUT2D eigenvalue weighted by Crippen LogP contribution is -2.07. The van der Waals surface area contributed by atoms with E-state index in [1.54, 1.807) is 12.1 Å². The van der Waals surface area contributed by atoms with Gasteiger partial charge in [-0.2, -0.15) is 0 Å². The van der Waals surface area contributed by atoms with E-state index in [9.17, 15) is 8.78 Å². The number of ether oxygens (including phenoxy) is 2. The molecule has 0 saturated heterocycles. The second-order valence-electron chi connectivity index (χ2n) is 4.44. The van der Waals surface area contributed by atoms with Gasteiger partial charge in [0, 0.05) is 19.7 Å². The molecule has 0 spiro atoms. The topological polar surface area (TPSA) is 55.4 Å². The smallest absolute Gasteiger partial charge is 0.231 e. The molecule has 7 heteroatoms. The largest absolute Gasteiger partial charge is 0.454 e. The van der Waals surface area contributed by atoms with Crippen LogP contribution >= 0.6 is 0 Å². The molecule has 0 fully saturated rings. The van der Waals surface area contributed by atoms with E-state index in [2.05, 4.69) is 15.6 Å². The maximum atomic E-state index is 13.7. The van der Waals surface area contributed by atoms with Crippen LogP contribution in [-0.2, 0) is 6.54 Å². The van der Waals surface area contributed by atoms with E-state index in [1.807, 2.05) is 6.07 Å². The van der Waals surface area contributed by atoms with Gasteiger partial charge in [-0.05, 0) is 17.7 Å². The first-order valence-corrected chi connectivity index (χ1v) is 6.33. The summed E-state index contributed by atoms with van der Waals surface area (Å²) in [5, 5.41) is 5.40. The Hall–Kier alpha value is -2.57. The number of aromatic nitrogens is 1. The van der Waals surface area contributed by atoms with Crippen LogP contribution in [-0.4, -0.2) is 18.8 Å². The van der Waals surface area contributed by atoms with E-state index in [-0.39, 0.29) is 18.4 Å². The lowest BCUT2D eigenvalue weighted by molar-refractivity contribution is 0.174. The van der Waals surface area contributed by atoms with Crippen LogP contribution in [0, 0.1) is 11.6 Å². The van der Waals surface area contributed by atoms with Gasteiger partial charge in [0.2, 0.25) is 6.79 Å². The molecule has 0 unspecified atom stereocenters. The van der Waals surface area contributed by atoms with Gasteiger partial charge in [0.1, 0.15) is 0 Å². The van der Waals surface area contributed by atoms with Gasteiger partial charge >= 0.3 is 0 Å². The summed E-state index contributed by atoms with van der Waals surface area (Å²) in [6, 6.07) is 6.21. The van der Waals surface area contributed by atoms with Crippen molar-refractivity contribution < 1.29 is 18.3 Å². The average molecular weight is 293 g/mol. The summed E-state index contributed by atoms with van der Waals surface area (Å²) < 4.78 is 37.5. The quantitative estimate of drug-likeness (QED) is 0.908. The first kappa shape index (κ1) is 13.4. The molecular formula is C14H13F2N3O2. The summed E-state index contributed by atoms with van der Waals surface area (Å²) in [4.78, 5) is 3.85. The number of hydrogen-bond donors (Lipinski definition) is 2. The summed E-state index contributed by atoms with van der Waals surface area (Å²) in [7, 11) is 1.52. The highest BCUT2D eigenvalue weighted by molar-refractivity contribution is 5.49. The Morgan fingerprint density at radius 3 is 2.67 bits per heavy atom. The molecule has 0 radical (unpaired) electrons. The SMILES string of the molecule is CNc1nc(NCc2ccc3c(c2)OCO3)c(F)cc1F. The number of fused-ring (bicyclic) bond motifs is 1. The van der Waals surface area contributed by atoms with Crippen molar-refractivity contribution in [2.75, 3.05) is 24.5 Å². The van der Waals surface area contributed by atoms with Crippen LogP contribution in [0.5, 0.6) is 11.5 Å². The van der Waals surface area contributed by atoms with Gasteiger partial charge in [-0.1, -0.05) is 6.07 Å². The summed E-state index contributed by atoms with van der Waals surface area (Å²) in [5.41, 5.74) is 0.871. The predicted octanol–water partition coefficient (Wildman–Crippen LogP) is 2.74. The van der Waals surface area contributed by atoms with Crippen molar-refractivity contribution in [3.05, 3.63) is 41.5 Å². The fourth-order valence-electron chi connectivity index (χ4n) is 2.00. The maximum Gasteiger partial charge on any atom is 0.231 e. The molecule has 3 rings (SSSR count). The molecule has 110 valence electrons. The molecule has 2 N–H and O–H groups in total. The Bertz CT molecular complexity index is 680. The van der Waals surface area contributed by atoms with E-state index >= 15 is 0 Å². The summed E-state index contributed by atoms with van der Waals surface area (Å²) in [6.07, 6.45) is 0. The third-order valence-corrected chi connectivity index (χ3v) is 3.06. The van der Waals surface area contributed by atoms with Gasteiger partial charge in [0.25, 0.3) is 0 Å². The lowest BCUT2D eigenvalue weighted by Gasteiger charge is -2.10. The van der Waals surface area contributed by atoms with Crippen molar-refractivity contribution in [3.63, 3.8) is 0 Å². The zero-order valence-electron chi connectivity index (χ0n) is 11.2. The van der Waals surface area contributed by atoms with Gasteiger partial charge in [-0.3, -0.25) is 0 Å². The van der Waals surface area contributed by atoms with E-state index < -0.39 is 11.6 Å². The third-order valence-electron chi connectivity index (χ3n) is 3.06. The molecule has 0 aliphatic carbocycles. The second-order valence-corrected chi connectivity index (χ2v) is 4.44. The minimum absolute atomic E-state index is 0.00964. The molecule has 1 aliphatic heterocycles. The fourth-order valence-corrected chi connectivity index (χ4v) is 2.00. The maximum absolute atomic E-state index is 13.7. The zero-order chi connectivity index (χ0) is 14.8. The average Bonchev–Trinajstić information content (AvgIpc) is 2.94. The minimum Gasteiger partial charge on any atom is -0.454 e. The van der Waals surface area contributed by atoms with E-state index in [0.717, 1.165) is 11.6 Å². The number of anilines is 2. The van der Waals surface area contributed by atoms with Crippen molar-refractivity contribution in [1.29, 1.82) is 0 Å². The molecule has 21 heavy (non-hydrogen) atoms. The van der Waals surface area contributed by atoms with Crippen molar-refractivity contribution in [3.8, 4) is 11.5 Å². The predicted molar refractivity (Wildman–Crippen MR) is 73.6 cm³/mol. The Morgan fingerprint density at radius 1 is 1.10 bits per heavy atom. The van der Waals surface area contributed by atoms with Crippen LogP contribution in [0.1, 0.15) is 5.56 Å². The van der Waals surface area contributed by atoms with E-state index in [0.29, 0.717) is 18.0 Å². The molecule has 2 heterocycles. The number of pyridine rings is 1. The van der Waals surface area contributed by atoms with Gasteiger partial charge in [-0.25, -0.2) is 13.8 Å². The summed E-state index contributed by atoms with van der Waals surface area (Å²) >= 11 is 0. The molecule has 0 bridgehead atoms. The molecule has 0 atom stereocenters. The van der Waals surface area contributed by atoms with Gasteiger partial charge < -0.3 is 20.1 Å². The number of nitrogens with one attached hydrogen (secondary N) is 2. The molecule has 1 aromatic heterocycles. The highest BCUT2D eigenvalue weighted by Crippen LogP contribution is 2.32. The second kappa shape index (κ2) is 5.43. The van der Waals surface area contributed by atoms with Crippen LogP contribution in [0.15, 0.2) is 24.3 Å². The van der Waals surface area contributed by atoms with Crippen molar-refractivity contribution >= 4 is 11.6 Å². The molecule has 2 aromatic rings. The van der Waals surface area contributed by atoms with Crippen molar-refractivity contribution in [2.24, 2.45) is 0 Å². The molecule has 5 nitrogen and oxygen atoms in total. The zero-order valence-corrected chi connectivity index (χ0v) is 11.2. The van der Waals surface area contributed by atoms with Crippen molar-refractivity contribution in [2.45, 2.75) is 6.54 Å². The number of hydrogen-bond acceptors (Lipinski definition) is 5. The molecular weight excluding hydrogens is 280 g/mol. The van der Waals surface area contributed by atoms with E-state index in [4.69, 9.17) is 9.47 Å². The highest BCUT2D eigenvalue weighted by atomic mass is 19.1. The fraction of sp³-hybridized carbons (Fsp3) is 0.214. The van der Waals surface area contributed by atoms with E-state index in [1.165, 1.54) is 7.05 Å². The van der Waals surface area contributed by atoms with Crippen LogP contribution < -0.4 is 20.1 Å². The first-order chi connectivity index (χ1) is 10.2.